The maximum absolute atomic E-state index is 11.1. The lowest BCUT2D eigenvalue weighted by molar-refractivity contribution is 0.0792. The van der Waals surface area contributed by atoms with E-state index in [0.717, 1.165) is 11.1 Å². The largest absolute Gasteiger partial charge is 0.386 e. The average molecular weight is 218 g/mol. The number of hydrogen-bond donors (Lipinski definition) is 3. The van der Waals surface area contributed by atoms with Gasteiger partial charge in [-0.25, -0.2) is 4.79 Å². The number of imidazole rings is 1. The molecule has 2 aromatic rings. The third-order valence-corrected chi connectivity index (χ3v) is 2.47. The monoisotopic (exact) mass is 218 g/mol. The molecular weight excluding hydrogens is 204 g/mol. The van der Waals surface area contributed by atoms with E-state index in [1.165, 1.54) is 0 Å². The van der Waals surface area contributed by atoms with Crippen molar-refractivity contribution in [1.29, 1.82) is 0 Å². The molecule has 4 nitrogen and oxygen atoms in total. The second-order valence-electron chi connectivity index (χ2n) is 4.26. The molecule has 84 valence electrons. The number of rotatable bonds is 2. The average Bonchev–Trinajstić information content (AvgIpc) is 2.64. The number of aromatic nitrogens is 2. The fourth-order valence-corrected chi connectivity index (χ4v) is 1.73. The summed E-state index contributed by atoms with van der Waals surface area (Å²) in [6.07, 6.45) is 1.60. The third kappa shape index (κ3) is 1.92. The molecule has 0 amide bonds. The smallest absolute Gasteiger partial charge is 0.323 e. The van der Waals surface area contributed by atoms with Crippen molar-refractivity contribution >= 4 is 0 Å². The van der Waals surface area contributed by atoms with Crippen LogP contribution in [-0.4, -0.2) is 15.1 Å². The van der Waals surface area contributed by atoms with Gasteiger partial charge < -0.3 is 15.1 Å². The number of H-pyrrole nitrogens is 2. The standard InChI is InChI=1S/C12H14N2O2/c1-12(2,16)9-6-4-3-5-8(9)10-7-13-11(15)14-10/h3-7,16H,1-2H3,(H2,13,14,15). The van der Waals surface area contributed by atoms with Crippen molar-refractivity contribution in [2.24, 2.45) is 0 Å². The molecule has 0 aliphatic carbocycles. The van der Waals surface area contributed by atoms with Crippen molar-refractivity contribution in [2.45, 2.75) is 19.4 Å². The van der Waals surface area contributed by atoms with Crippen molar-refractivity contribution in [1.82, 2.24) is 9.97 Å². The fraction of sp³-hybridized carbons (Fsp3) is 0.250. The van der Waals surface area contributed by atoms with Crippen LogP contribution in [0.25, 0.3) is 11.3 Å². The summed E-state index contributed by atoms with van der Waals surface area (Å²) in [5, 5.41) is 10.0. The van der Waals surface area contributed by atoms with Gasteiger partial charge in [0.05, 0.1) is 11.3 Å². The number of nitrogens with one attached hydrogen (secondary N) is 2. The number of benzene rings is 1. The molecule has 0 bridgehead atoms. The lowest BCUT2D eigenvalue weighted by Crippen LogP contribution is -2.16. The Hall–Kier alpha value is -1.81. The van der Waals surface area contributed by atoms with Gasteiger partial charge >= 0.3 is 5.69 Å². The molecular formula is C12H14N2O2. The van der Waals surface area contributed by atoms with Gasteiger partial charge in [-0.05, 0) is 19.4 Å². The van der Waals surface area contributed by atoms with Gasteiger partial charge in [0.1, 0.15) is 0 Å². The van der Waals surface area contributed by atoms with E-state index in [4.69, 9.17) is 0 Å². The first kappa shape index (κ1) is 10.7. The third-order valence-electron chi connectivity index (χ3n) is 2.47. The molecule has 0 saturated heterocycles. The van der Waals surface area contributed by atoms with E-state index in [-0.39, 0.29) is 5.69 Å². The minimum atomic E-state index is -0.940. The molecule has 0 aliphatic heterocycles. The molecule has 16 heavy (non-hydrogen) atoms. The second kappa shape index (κ2) is 3.64. The van der Waals surface area contributed by atoms with E-state index in [1.54, 1.807) is 20.0 Å². The highest BCUT2D eigenvalue weighted by molar-refractivity contribution is 5.64. The summed E-state index contributed by atoms with van der Waals surface area (Å²) in [6.45, 7) is 3.44. The van der Waals surface area contributed by atoms with Gasteiger partial charge in [0, 0.05) is 11.8 Å². The van der Waals surface area contributed by atoms with Crippen LogP contribution >= 0.6 is 0 Å². The first-order chi connectivity index (χ1) is 7.48. The quantitative estimate of drug-likeness (QED) is 0.716. The Morgan fingerprint density at radius 2 is 1.94 bits per heavy atom. The number of aliphatic hydroxyl groups is 1. The predicted octanol–water partition coefficient (Wildman–Crippen LogP) is 1.60. The van der Waals surface area contributed by atoms with E-state index in [1.807, 2.05) is 24.3 Å². The van der Waals surface area contributed by atoms with Crippen LogP contribution in [0.15, 0.2) is 35.3 Å². The van der Waals surface area contributed by atoms with Crippen molar-refractivity contribution in [2.75, 3.05) is 0 Å². The van der Waals surface area contributed by atoms with Crippen LogP contribution in [0.3, 0.4) is 0 Å². The van der Waals surface area contributed by atoms with Crippen LogP contribution in [-0.2, 0) is 5.60 Å². The molecule has 0 atom stereocenters. The zero-order chi connectivity index (χ0) is 11.8. The molecule has 0 aliphatic rings. The van der Waals surface area contributed by atoms with Gasteiger partial charge in [-0.1, -0.05) is 24.3 Å². The van der Waals surface area contributed by atoms with E-state index < -0.39 is 5.60 Å². The molecule has 0 saturated carbocycles. The van der Waals surface area contributed by atoms with Crippen molar-refractivity contribution in [3.8, 4) is 11.3 Å². The van der Waals surface area contributed by atoms with Gasteiger partial charge in [0.15, 0.2) is 0 Å². The van der Waals surface area contributed by atoms with Crippen LogP contribution in [0.2, 0.25) is 0 Å². The van der Waals surface area contributed by atoms with Crippen molar-refractivity contribution in [3.05, 3.63) is 46.5 Å². The maximum Gasteiger partial charge on any atom is 0.323 e. The van der Waals surface area contributed by atoms with Crippen LogP contribution in [0.5, 0.6) is 0 Å². The fourth-order valence-electron chi connectivity index (χ4n) is 1.73. The Kier molecular flexibility index (Phi) is 2.44. The molecule has 1 aromatic carbocycles. The number of hydrogen-bond acceptors (Lipinski definition) is 2. The van der Waals surface area contributed by atoms with E-state index in [2.05, 4.69) is 9.97 Å². The Morgan fingerprint density at radius 1 is 1.25 bits per heavy atom. The highest BCUT2D eigenvalue weighted by atomic mass is 16.3. The highest BCUT2D eigenvalue weighted by Crippen LogP contribution is 2.29. The Balaban J connectivity index is 2.61. The minimum Gasteiger partial charge on any atom is -0.386 e. The molecule has 3 N–H and O–H groups in total. The highest BCUT2D eigenvalue weighted by Gasteiger charge is 2.20. The Bertz CT molecular complexity index is 546. The summed E-state index contributed by atoms with van der Waals surface area (Å²) in [4.78, 5) is 16.3. The van der Waals surface area contributed by atoms with Gasteiger partial charge in [-0.15, -0.1) is 0 Å². The van der Waals surface area contributed by atoms with E-state index in [9.17, 15) is 9.90 Å². The SMILES string of the molecule is CC(C)(O)c1ccccc1-c1c[nH]c(=O)[nH]1. The molecule has 1 aromatic heterocycles. The van der Waals surface area contributed by atoms with Gasteiger partial charge in [0.25, 0.3) is 0 Å². The molecule has 0 radical (unpaired) electrons. The van der Waals surface area contributed by atoms with E-state index >= 15 is 0 Å². The van der Waals surface area contributed by atoms with Gasteiger partial charge in [0.2, 0.25) is 0 Å². The summed E-state index contributed by atoms with van der Waals surface area (Å²) in [5.41, 5.74) is 1.10. The van der Waals surface area contributed by atoms with Gasteiger partial charge in [-0.2, -0.15) is 0 Å². The predicted molar refractivity (Wildman–Crippen MR) is 62.1 cm³/mol. The first-order valence-corrected chi connectivity index (χ1v) is 5.08. The molecule has 0 unspecified atom stereocenters. The maximum atomic E-state index is 11.1. The van der Waals surface area contributed by atoms with Crippen LogP contribution in [0.1, 0.15) is 19.4 Å². The van der Waals surface area contributed by atoms with Crippen molar-refractivity contribution < 1.29 is 5.11 Å². The topological polar surface area (TPSA) is 68.9 Å². The van der Waals surface area contributed by atoms with E-state index in [0.29, 0.717) is 5.69 Å². The minimum absolute atomic E-state index is 0.249. The molecule has 4 heteroatoms. The summed E-state index contributed by atoms with van der Waals surface area (Å²) < 4.78 is 0. The van der Waals surface area contributed by atoms with Gasteiger partial charge in [-0.3, -0.25) is 0 Å². The van der Waals surface area contributed by atoms with Crippen molar-refractivity contribution in [3.63, 3.8) is 0 Å². The Labute approximate surface area is 93.0 Å². The number of aromatic amines is 2. The van der Waals surface area contributed by atoms with Crippen LogP contribution < -0.4 is 5.69 Å². The van der Waals surface area contributed by atoms with Crippen LogP contribution in [0, 0.1) is 0 Å². The molecule has 0 spiro atoms. The Morgan fingerprint density at radius 3 is 2.50 bits per heavy atom. The summed E-state index contributed by atoms with van der Waals surface area (Å²) >= 11 is 0. The van der Waals surface area contributed by atoms with Crippen LogP contribution in [0.4, 0.5) is 0 Å². The lowest BCUT2D eigenvalue weighted by atomic mass is 9.92. The lowest BCUT2D eigenvalue weighted by Gasteiger charge is -2.20. The summed E-state index contributed by atoms with van der Waals surface area (Å²) in [5.74, 6) is 0. The second-order valence-corrected chi connectivity index (χ2v) is 4.26. The first-order valence-electron chi connectivity index (χ1n) is 5.08. The normalized spacial score (nSPS) is 11.7. The molecule has 2 rings (SSSR count). The zero-order valence-corrected chi connectivity index (χ0v) is 9.24. The summed E-state index contributed by atoms with van der Waals surface area (Å²) in [7, 11) is 0. The molecule has 0 fully saturated rings. The zero-order valence-electron chi connectivity index (χ0n) is 9.24. The molecule has 1 heterocycles. The summed E-state index contributed by atoms with van der Waals surface area (Å²) in [6, 6.07) is 7.45.